The number of thiol groups is 1. The largest absolute Gasteiger partial charge is 0.337 e. The first-order valence-corrected chi connectivity index (χ1v) is 10.1. The van der Waals surface area contributed by atoms with Gasteiger partial charge in [-0.25, -0.2) is 4.79 Å². The van der Waals surface area contributed by atoms with Crippen molar-refractivity contribution in [1.29, 1.82) is 0 Å². The van der Waals surface area contributed by atoms with Gasteiger partial charge >= 0.3 is 6.03 Å². The molecule has 0 saturated carbocycles. The minimum Gasteiger partial charge on any atom is -0.337 e. The third-order valence-electron chi connectivity index (χ3n) is 2.42. The fourth-order valence-corrected chi connectivity index (χ4v) is 2.82. The second kappa shape index (κ2) is 11.7. The van der Waals surface area contributed by atoms with Crippen LogP contribution in [0.4, 0.5) is 4.79 Å². The van der Waals surface area contributed by atoms with Gasteiger partial charge in [0.2, 0.25) is 0 Å². The number of rotatable bonds is 10. The van der Waals surface area contributed by atoms with Crippen LogP contribution in [0.2, 0.25) is 0 Å². The minimum atomic E-state index is -0.771. The zero-order chi connectivity index (χ0) is 14.7. The van der Waals surface area contributed by atoms with Gasteiger partial charge in [0.25, 0.3) is 0 Å². The van der Waals surface area contributed by atoms with Gasteiger partial charge in [-0.05, 0) is 25.7 Å². The van der Waals surface area contributed by atoms with Gasteiger partial charge in [-0.2, -0.15) is 0 Å². The fraction of sp³-hybridized carbons (Fsp3) is 0.909. The van der Waals surface area contributed by atoms with Crippen molar-refractivity contribution in [1.82, 2.24) is 9.62 Å². The molecule has 0 aromatic heterocycles. The van der Waals surface area contributed by atoms with E-state index in [4.69, 9.17) is 0 Å². The molecule has 0 bridgehead atoms. The number of urea groups is 1. The Hall–Kier alpha value is -0.0800. The van der Waals surface area contributed by atoms with Crippen molar-refractivity contribution in [3.63, 3.8) is 0 Å². The van der Waals surface area contributed by atoms with E-state index in [1.807, 2.05) is 0 Å². The molecular formula is C11H24N2O3S3. The van der Waals surface area contributed by atoms with Crippen LogP contribution in [-0.2, 0) is 21.6 Å². The topological polar surface area (TPSA) is 66.5 Å². The molecule has 0 aromatic rings. The molecule has 8 heteroatoms. The second-order valence-electron chi connectivity index (χ2n) is 4.32. The summed E-state index contributed by atoms with van der Waals surface area (Å²) in [7, 11) is -1.53. The molecule has 2 atom stereocenters. The van der Waals surface area contributed by atoms with E-state index in [2.05, 4.69) is 18.1 Å². The summed E-state index contributed by atoms with van der Waals surface area (Å²) in [6.45, 7) is 1.12. The highest BCUT2D eigenvalue weighted by molar-refractivity contribution is 7.84. The molecule has 114 valence electrons. The Morgan fingerprint density at radius 2 is 1.58 bits per heavy atom. The highest BCUT2D eigenvalue weighted by atomic mass is 32.2. The molecule has 0 aliphatic heterocycles. The van der Waals surface area contributed by atoms with E-state index >= 15 is 0 Å². The van der Waals surface area contributed by atoms with Crippen LogP contribution in [0, 0.1) is 0 Å². The maximum atomic E-state index is 11.6. The molecule has 0 fully saturated rings. The molecular weight excluding hydrogens is 304 g/mol. The minimum absolute atomic E-state index is 0.210. The summed E-state index contributed by atoms with van der Waals surface area (Å²) < 4.78 is 23.0. The second-order valence-corrected chi connectivity index (χ2v) is 7.92. The standard InChI is InChI=1S/C11H24N2O3S3/c1-18(15)9-5-3-7-12-11(14)13(17)8-4-6-10-19(2)16/h17H,3-10H2,1-2H3,(H,12,14). The molecule has 2 amide bonds. The normalized spacial score (nSPS) is 13.8. The van der Waals surface area contributed by atoms with Crippen LogP contribution >= 0.6 is 12.8 Å². The average Bonchev–Trinajstić information content (AvgIpc) is 2.33. The Morgan fingerprint density at radius 1 is 1.05 bits per heavy atom. The maximum absolute atomic E-state index is 11.6. The molecule has 1 N–H and O–H groups in total. The summed E-state index contributed by atoms with van der Waals surface area (Å²) in [5, 5.41) is 2.76. The first-order chi connectivity index (χ1) is 8.93. The lowest BCUT2D eigenvalue weighted by atomic mass is 10.3. The van der Waals surface area contributed by atoms with Crippen LogP contribution in [0.5, 0.6) is 0 Å². The third kappa shape index (κ3) is 12.7. The first-order valence-electron chi connectivity index (χ1n) is 6.27. The summed E-state index contributed by atoms with van der Waals surface area (Å²) in [6, 6.07) is -0.210. The van der Waals surface area contributed by atoms with Gasteiger partial charge < -0.3 is 5.32 Å². The van der Waals surface area contributed by atoms with Crippen LogP contribution in [0.3, 0.4) is 0 Å². The number of nitrogens with zero attached hydrogens (tertiary/aromatic N) is 1. The lowest BCUT2D eigenvalue weighted by Crippen LogP contribution is -2.35. The molecule has 19 heavy (non-hydrogen) atoms. The zero-order valence-electron chi connectivity index (χ0n) is 11.6. The molecule has 0 radical (unpaired) electrons. The predicted octanol–water partition coefficient (Wildman–Crippen LogP) is 1.16. The number of unbranched alkanes of at least 4 members (excludes halogenated alkanes) is 2. The highest BCUT2D eigenvalue weighted by Gasteiger charge is 2.08. The Balaban J connectivity index is 3.53. The monoisotopic (exact) mass is 328 g/mol. The first kappa shape index (κ1) is 18.9. The zero-order valence-corrected chi connectivity index (χ0v) is 14.1. The molecule has 0 aliphatic rings. The van der Waals surface area contributed by atoms with Gasteiger partial charge in [0.15, 0.2) is 0 Å². The van der Waals surface area contributed by atoms with E-state index in [9.17, 15) is 13.2 Å². The predicted molar refractivity (Wildman–Crippen MR) is 85.4 cm³/mol. The van der Waals surface area contributed by atoms with Crippen molar-refractivity contribution < 1.29 is 13.2 Å². The van der Waals surface area contributed by atoms with E-state index in [1.165, 1.54) is 4.31 Å². The number of hydrogen-bond acceptors (Lipinski definition) is 4. The van der Waals surface area contributed by atoms with E-state index < -0.39 is 21.6 Å². The number of amides is 2. The Morgan fingerprint density at radius 3 is 2.11 bits per heavy atom. The fourth-order valence-electron chi connectivity index (χ4n) is 1.39. The number of carbonyl (C=O) groups excluding carboxylic acids is 1. The van der Waals surface area contributed by atoms with Crippen LogP contribution in [0.25, 0.3) is 0 Å². The van der Waals surface area contributed by atoms with Gasteiger partial charge in [-0.1, -0.05) is 12.8 Å². The molecule has 0 heterocycles. The van der Waals surface area contributed by atoms with Crippen molar-refractivity contribution in [2.45, 2.75) is 25.7 Å². The lowest BCUT2D eigenvalue weighted by Gasteiger charge is -2.16. The van der Waals surface area contributed by atoms with Crippen LogP contribution < -0.4 is 5.32 Å². The quantitative estimate of drug-likeness (QED) is 0.467. The summed E-state index contributed by atoms with van der Waals surface area (Å²) in [6.07, 6.45) is 6.65. The van der Waals surface area contributed by atoms with Crippen molar-refractivity contribution >= 4 is 40.4 Å². The van der Waals surface area contributed by atoms with Gasteiger partial charge in [0.1, 0.15) is 0 Å². The maximum Gasteiger partial charge on any atom is 0.327 e. The molecule has 5 nitrogen and oxygen atoms in total. The number of hydrogen-bond donors (Lipinski definition) is 2. The molecule has 0 saturated heterocycles. The SMILES string of the molecule is CS(=O)CCCCNC(=O)N(S)CCCCS(C)=O. The smallest absolute Gasteiger partial charge is 0.327 e. The third-order valence-corrected chi connectivity index (χ3v) is 4.53. The Bertz CT molecular complexity index is 314. The summed E-state index contributed by atoms with van der Waals surface area (Å²) in [5.74, 6) is 1.34. The molecule has 0 spiro atoms. The Labute approximate surface area is 126 Å². The lowest BCUT2D eigenvalue weighted by molar-refractivity contribution is 0.226. The summed E-state index contributed by atoms with van der Waals surface area (Å²) in [5.41, 5.74) is 0. The average molecular weight is 329 g/mol. The summed E-state index contributed by atoms with van der Waals surface area (Å²) >= 11 is 4.10. The van der Waals surface area contributed by atoms with Crippen molar-refractivity contribution in [3.8, 4) is 0 Å². The van der Waals surface area contributed by atoms with Gasteiger partial charge in [-0.3, -0.25) is 12.7 Å². The summed E-state index contributed by atoms with van der Waals surface area (Å²) in [4.78, 5) is 11.6. The van der Waals surface area contributed by atoms with E-state index in [0.717, 1.165) is 25.7 Å². The van der Waals surface area contributed by atoms with Crippen LogP contribution in [-0.4, -0.2) is 55.9 Å². The van der Waals surface area contributed by atoms with Gasteiger partial charge in [0, 0.05) is 58.7 Å². The van der Waals surface area contributed by atoms with Crippen LogP contribution in [0.15, 0.2) is 0 Å². The number of nitrogens with one attached hydrogen (secondary N) is 1. The highest BCUT2D eigenvalue weighted by Crippen LogP contribution is 2.00. The van der Waals surface area contributed by atoms with E-state index in [-0.39, 0.29) is 6.03 Å². The molecule has 0 aromatic carbocycles. The Kier molecular flexibility index (Phi) is 11.7. The van der Waals surface area contributed by atoms with Gasteiger partial charge in [0.05, 0.1) is 0 Å². The molecule has 0 aliphatic carbocycles. The molecule has 0 rings (SSSR count). The van der Waals surface area contributed by atoms with Crippen molar-refractivity contribution in [2.75, 3.05) is 37.1 Å². The van der Waals surface area contributed by atoms with Crippen molar-refractivity contribution in [3.05, 3.63) is 0 Å². The van der Waals surface area contributed by atoms with Gasteiger partial charge in [-0.15, -0.1) is 0 Å². The van der Waals surface area contributed by atoms with E-state index in [1.54, 1.807) is 12.5 Å². The van der Waals surface area contributed by atoms with E-state index in [0.29, 0.717) is 24.6 Å². The molecule has 2 unspecified atom stereocenters. The van der Waals surface area contributed by atoms with Crippen molar-refractivity contribution in [2.24, 2.45) is 0 Å². The number of carbonyl (C=O) groups is 1. The van der Waals surface area contributed by atoms with Crippen LogP contribution in [0.1, 0.15) is 25.7 Å².